The molecule has 0 saturated heterocycles. The maximum atomic E-state index is 13.8. The van der Waals surface area contributed by atoms with Crippen LogP contribution in [0.2, 0.25) is 0 Å². The number of ether oxygens (including phenoxy) is 1. The van der Waals surface area contributed by atoms with Crippen LogP contribution in [0.15, 0.2) is 46.8 Å². The van der Waals surface area contributed by atoms with Gasteiger partial charge in [-0.2, -0.15) is 0 Å². The second kappa shape index (κ2) is 8.66. The molecule has 26 heavy (non-hydrogen) atoms. The van der Waals surface area contributed by atoms with Crippen LogP contribution in [0.25, 0.3) is 0 Å². The lowest BCUT2D eigenvalue weighted by Crippen LogP contribution is -2.60. The molecule has 1 aromatic carbocycles. The van der Waals surface area contributed by atoms with Crippen LogP contribution in [0.3, 0.4) is 0 Å². The molecule has 2 rings (SSSR count). The summed E-state index contributed by atoms with van der Waals surface area (Å²) in [7, 11) is 0. The largest absolute Gasteiger partial charge is 0.626 e. The molecule has 6 nitrogen and oxygen atoms in total. The number of hydrogen-bond donors (Lipinski definition) is 2. The molecule has 0 radical (unpaired) electrons. The van der Waals surface area contributed by atoms with Crippen molar-refractivity contribution in [3.05, 3.63) is 52.6 Å². The highest BCUT2D eigenvalue weighted by molar-refractivity contribution is 5.83. The Morgan fingerprint density at radius 3 is 2.38 bits per heavy atom. The van der Waals surface area contributed by atoms with Crippen molar-refractivity contribution in [2.24, 2.45) is 22.6 Å². The predicted octanol–water partition coefficient (Wildman–Crippen LogP) is 3.12. The van der Waals surface area contributed by atoms with E-state index in [-0.39, 0.29) is 30.0 Å². The van der Waals surface area contributed by atoms with Crippen molar-refractivity contribution in [2.45, 2.75) is 46.8 Å². The van der Waals surface area contributed by atoms with Gasteiger partial charge >= 0.3 is 0 Å². The molecule has 0 amide bonds. The first kappa shape index (κ1) is 20.4. The zero-order valence-electron chi connectivity index (χ0n) is 16.2. The number of nitrogens with two attached hydrogens (primary N) is 1. The Balaban J connectivity index is 2.37. The van der Waals surface area contributed by atoms with Crippen LogP contribution in [-0.4, -0.2) is 34.8 Å². The summed E-state index contributed by atoms with van der Waals surface area (Å²) in [4.78, 5) is 4.42. The molecule has 1 aliphatic heterocycles. The second-order valence-corrected chi connectivity index (χ2v) is 7.73. The molecule has 0 spiro atoms. The summed E-state index contributed by atoms with van der Waals surface area (Å²) in [6, 6.07) is 9.25. The summed E-state index contributed by atoms with van der Waals surface area (Å²) in [6.07, 6.45) is 0.614. The Morgan fingerprint density at radius 1 is 1.19 bits per heavy atom. The van der Waals surface area contributed by atoms with Crippen LogP contribution in [0.4, 0.5) is 0 Å². The average molecular weight is 361 g/mol. The van der Waals surface area contributed by atoms with E-state index < -0.39 is 10.7 Å². The monoisotopic (exact) mass is 361 g/mol. The number of benzene rings is 1. The molecule has 1 heterocycles. The third-order valence-corrected chi connectivity index (χ3v) is 4.45. The van der Waals surface area contributed by atoms with E-state index in [0.717, 1.165) is 5.56 Å². The van der Waals surface area contributed by atoms with Crippen molar-refractivity contribution in [3.8, 4) is 0 Å². The fraction of sp³-hybridized carbons (Fsp3) is 0.550. The average Bonchev–Trinajstić information content (AvgIpc) is 2.59. The maximum Gasteiger partial charge on any atom is 0.250 e. The Kier molecular flexibility index (Phi) is 6.81. The summed E-state index contributed by atoms with van der Waals surface area (Å²) < 4.78 is 5.26. The quantitative estimate of drug-likeness (QED) is 0.577. The number of hydrogen-bond acceptors (Lipinski definition) is 5. The van der Waals surface area contributed by atoms with Gasteiger partial charge in [0.2, 0.25) is 11.7 Å². The summed E-state index contributed by atoms with van der Waals surface area (Å²) in [6.45, 7) is 8.39. The molecule has 144 valence electrons. The normalized spacial score (nSPS) is 23.5. The Labute approximate surface area is 156 Å². The van der Waals surface area contributed by atoms with Gasteiger partial charge in [0, 0.05) is 12.3 Å². The fourth-order valence-corrected chi connectivity index (χ4v) is 3.29. The zero-order valence-corrected chi connectivity index (χ0v) is 16.2. The van der Waals surface area contributed by atoms with Crippen LogP contribution in [0.1, 0.15) is 39.7 Å². The van der Waals surface area contributed by atoms with Crippen molar-refractivity contribution in [3.63, 3.8) is 0 Å². The van der Waals surface area contributed by atoms with Crippen molar-refractivity contribution in [1.29, 1.82) is 0 Å². The van der Waals surface area contributed by atoms with Crippen LogP contribution >= 0.6 is 0 Å². The van der Waals surface area contributed by atoms with Crippen LogP contribution in [0, 0.1) is 17.0 Å². The SMILES string of the molecule is CC(C)CC1C(OCc2ccccc2)=NC(CO)=C(N)[N+]1([O-])CC(C)C. The molecule has 2 atom stereocenters. The molecule has 0 saturated carbocycles. The Morgan fingerprint density at radius 2 is 1.85 bits per heavy atom. The lowest BCUT2D eigenvalue weighted by Gasteiger charge is -2.50. The van der Waals surface area contributed by atoms with E-state index in [1.54, 1.807) is 0 Å². The van der Waals surface area contributed by atoms with Gasteiger partial charge in [-0.1, -0.05) is 58.0 Å². The molecule has 3 N–H and O–H groups in total. The summed E-state index contributed by atoms with van der Waals surface area (Å²) >= 11 is 0. The van der Waals surface area contributed by atoms with Crippen LogP contribution in [-0.2, 0) is 11.3 Å². The smallest absolute Gasteiger partial charge is 0.250 e. The fourth-order valence-electron chi connectivity index (χ4n) is 3.29. The van der Waals surface area contributed by atoms with E-state index in [4.69, 9.17) is 10.5 Å². The predicted molar refractivity (Wildman–Crippen MR) is 104 cm³/mol. The van der Waals surface area contributed by atoms with Crippen molar-refractivity contribution in [2.75, 3.05) is 13.2 Å². The highest BCUT2D eigenvalue weighted by atomic mass is 16.6. The minimum absolute atomic E-state index is 0.0962. The number of quaternary nitrogens is 1. The van der Waals surface area contributed by atoms with Gasteiger partial charge in [-0.15, -0.1) is 0 Å². The minimum Gasteiger partial charge on any atom is -0.626 e. The van der Waals surface area contributed by atoms with Gasteiger partial charge in [0.25, 0.3) is 0 Å². The summed E-state index contributed by atoms with van der Waals surface area (Å²) in [5.74, 6) is 0.900. The van der Waals surface area contributed by atoms with E-state index in [1.165, 1.54) is 0 Å². The van der Waals surface area contributed by atoms with Crippen molar-refractivity contribution < 1.29 is 14.5 Å². The van der Waals surface area contributed by atoms with Crippen LogP contribution in [0.5, 0.6) is 0 Å². The third-order valence-electron chi connectivity index (χ3n) is 4.45. The first-order valence-corrected chi connectivity index (χ1v) is 9.22. The van der Waals surface area contributed by atoms with Gasteiger partial charge in [0.15, 0.2) is 6.04 Å². The molecule has 0 fully saturated rings. The molecule has 0 aliphatic carbocycles. The van der Waals surface area contributed by atoms with E-state index in [0.29, 0.717) is 25.5 Å². The second-order valence-electron chi connectivity index (χ2n) is 7.73. The number of hydroxylamine groups is 3. The van der Waals surface area contributed by atoms with Crippen molar-refractivity contribution in [1.82, 2.24) is 0 Å². The topological polar surface area (TPSA) is 90.9 Å². The number of aliphatic hydroxyl groups excluding tert-OH is 1. The third kappa shape index (κ3) is 4.63. The zero-order chi connectivity index (χ0) is 19.3. The lowest BCUT2D eigenvalue weighted by molar-refractivity contribution is -0.865. The minimum atomic E-state index is -0.709. The molecule has 0 aromatic heterocycles. The molecule has 0 bridgehead atoms. The first-order chi connectivity index (χ1) is 12.3. The van der Waals surface area contributed by atoms with E-state index in [9.17, 15) is 10.3 Å². The van der Waals surface area contributed by atoms with Gasteiger partial charge in [-0.05, 0) is 11.5 Å². The van der Waals surface area contributed by atoms with Crippen molar-refractivity contribution >= 4 is 5.90 Å². The molecule has 1 aliphatic rings. The Bertz CT molecular complexity index is 656. The summed E-state index contributed by atoms with van der Waals surface area (Å²) in [5.41, 5.74) is 7.38. The van der Waals surface area contributed by atoms with Gasteiger partial charge < -0.3 is 25.4 Å². The number of rotatable bonds is 7. The highest BCUT2D eigenvalue weighted by Crippen LogP contribution is 2.32. The molecular weight excluding hydrogens is 330 g/mol. The van der Waals surface area contributed by atoms with Gasteiger partial charge in [0.1, 0.15) is 12.3 Å². The number of aliphatic hydroxyl groups is 1. The van der Waals surface area contributed by atoms with E-state index in [1.807, 2.05) is 44.2 Å². The van der Waals surface area contributed by atoms with Gasteiger partial charge in [-0.3, -0.25) is 0 Å². The van der Waals surface area contributed by atoms with E-state index in [2.05, 4.69) is 18.8 Å². The molecule has 6 heteroatoms. The first-order valence-electron chi connectivity index (χ1n) is 9.22. The van der Waals surface area contributed by atoms with Gasteiger partial charge in [-0.25, -0.2) is 4.99 Å². The number of aliphatic imine (C=N–C) groups is 1. The van der Waals surface area contributed by atoms with Gasteiger partial charge in [0.05, 0.1) is 13.2 Å². The standard InChI is InChI=1S/C20H31N3O3/c1-14(2)10-18-20(26-13-16-8-6-5-7-9-16)22-17(12-24)19(21)23(18,25)11-15(3)4/h5-9,14-15,18,24H,10-13,21H2,1-4H3. The molecular formula is C20H31N3O3. The van der Waals surface area contributed by atoms with Crippen LogP contribution < -0.4 is 5.73 Å². The van der Waals surface area contributed by atoms with E-state index >= 15 is 0 Å². The lowest BCUT2D eigenvalue weighted by atomic mass is 9.98. The number of nitrogens with zero attached hydrogens (tertiary/aromatic N) is 2. The molecule has 1 aromatic rings. The molecule has 2 unspecified atom stereocenters. The summed E-state index contributed by atoms with van der Waals surface area (Å²) in [5, 5.41) is 23.5. The highest BCUT2D eigenvalue weighted by Gasteiger charge is 2.43. The Hall–Kier alpha value is -1.89. The maximum absolute atomic E-state index is 13.8.